The van der Waals surface area contributed by atoms with E-state index in [0.29, 0.717) is 12.3 Å². The average molecular weight is 419 g/mol. The van der Waals surface area contributed by atoms with Crippen molar-refractivity contribution in [2.45, 2.75) is 43.0 Å². The first kappa shape index (κ1) is 21.1. The number of hydrogen-bond acceptors (Lipinski definition) is 8. The summed E-state index contributed by atoms with van der Waals surface area (Å²) in [5.41, 5.74) is 11.3. The highest BCUT2D eigenvalue weighted by atomic mass is 35.5. The highest BCUT2D eigenvalue weighted by Gasteiger charge is 2.32. The van der Waals surface area contributed by atoms with Crippen LogP contribution in [-0.4, -0.2) is 34.2 Å². The molecule has 0 fully saturated rings. The van der Waals surface area contributed by atoms with Crippen molar-refractivity contribution in [1.82, 2.24) is 10.2 Å². The molecule has 1 amide bonds. The molecule has 27 heavy (non-hydrogen) atoms. The summed E-state index contributed by atoms with van der Waals surface area (Å²) in [5.74, 6) is -2.27. The molecule has 10 nitrogen and oxygen atoms in total. The molecule has 0 aliphatic rings. The van der Waals surface area contributed by atoms with E-state index in [4.69, 9.17) is 27.5 Å². The molecule has 2 atom stereocenters. The third-order valence-electron chi connectivity index (χ3n) is 3.83. The smallest absolute Gasteiger partial charge is 0.298 e. The van der Waals surface area contributed by atoms with Crippen molar-refractivity contribution in [3.63, 3.8) is 0 Å². The van der Waals surface area contributed by atoms with E-state index >= 15 is 0 Å². The summed E-state index contributed by atoms with van der Waals surface area (Å²) in [6.45, 7) is 1.92. The highest BCUT2D eigenvalue weighted by molar-refractivity contribution is 7.86. The SMILES string of the molecule is CCCc1nnc([C@@H](N)C(CC(N)=O)c2cc(Cl)cc(S(=O)(=O)O)c2O)o1. The Morgan fingerprint density at radius 1 is 1.37 bits per heavy atom. The number of nitrogens with zero attached hydrogens (tertiary/aromatic N) is 2. The molecule has 2 aromatic rings. The predicted octanol–water partition coefficient (Wildman–Crippen LogP) is 1.29. The van der Waals surface area contributed by atoms with Crippen LogP contribution in [0.3, 0.4) is 0 Å². The summed E-state index contributed by atoms with van der Waals surface area (Å²) >= 11 is 5.91. The molecule has 0 aliphatic carbocycles. The van der Waals surface area contributed by atoms with Gasteiger partial charge in [0.05, 0.1) is 6.04 Å². The fourth-order valence-corrected chi connectivity index (χ4v) is 3.54. The third-order valence-corrected chi connectivity index (χ3v) is 4.92. The second-order valence-electron chi connectivity index (χ2n) is 5.90. The van der Waals surface area contributed by atoms with Crippen molar-refractivity contribution >= 4 is 27.6 Å². The van der Waals surface area contributed by atoms with Gasteiger partial charge in [-0.1, -0.05) is 18.5 Å². The van der Waals surface area contributed by atoms with Gasteiger partial charge >= 0.3 is 0 Å². The quantitative estimate of drug-likeness (QED) is 0.458. The first-order valence-electron chi connectivity index (χ1n) is 7.90. The van der Waals surface area contributed by atoms with Gasteiger partial charge in [0, 0.05) is 29.3 Å². The molecule has 12 heteroatoms. The maximum Gasteiger partial charge on any atom is 0.298 e. The van der Waals surface area contributed by atoms with Crippen LogP contribution in [0, 0.1) is 0 Å². The summed E-state index contributed by atoms with van der Waals surface area (Å²) in [7, 11) is -4.78. The number of phenols is 1. The molecule has 0 saturated heterocycles. The minimum atomic E-state index is -4.78. The van der Waals surface area contributed by atoms with E-state index < -0.39 is 38.6 Å². The Kier molecular flexibility index (Phi) is 6.42. The van der Waals surface area contributed by atoms with Crippen LogP contribution in [-0.2, 0) is 21.3 Å². The number of rotatable bonds is 8. The molecule has 148 valence electrons. The van der Waals surface area contributed by atoms with Crippen LogP contribution in [0.15, 0.2) is 21.4 Å². The monoisotopic (exact) mass is 418 g/mol. The first-order valence-corrected chi connectivity index (χ1v) is 9.72. The minimum Gasteiger partial charge on any atom is -0.506 e. The van der Waals surface area contributed by atoms with Gasteiger partial charge < -0.3 is 21.0 Å². The normalized spacial score (nSPS) is 14.1. The molecule has 0 radical (unpaired) electrons. The molecule has 1 aromatic heterocycles. The Balaban J connectivity index is 2.56. The Morgan fingerprint density at radius 3 is 2.59 bits per heavy atom. The average Bonchev–Trinajstić information content (AvgIpc) is 3.02. The lowest BCUT2D eigenvalue weighted by Gasteiger charge is -2.22. The van der Waals surface area contributed by atoms with Crippen molar-refractivity contribution in [2.24, 2.45) is 11.5 Å². The van der Waals surface area contributed by atoms with E-state index in [1.54, 1.807) is 0 Å². The van der Waals surface area contributed by atoms with Gasteiger partial charge in [0.15, 0.2) is 0 Å². The minimum absolute atomic E-state index is 0.0162. The molecule has 0 aliphatic heterocycles. The number of nitrogens with two attached hydrogens (primary N) is 2. The lowest BCUT2D eigenvalue weighted by Crippen LogP contribution is -2.26. The lowest BCUT2D eigenvalue weighted by atomic mass is 9.88. The van der Waals surface area contributed by atoms with E-state index in [1.807, 2.05) is 6.92 Å². The fraction of sp³-hybridized carbons (Fsp3) is 0.400. The molecule has 2 rings (SSSR count). The Labute approximate surface area is 160 Å². The van der Waals surface area contributed by atoms with E-state index in [-0.39, 0.29) is 22.9 Å². The molecule has 1 heterocycles. The van der Waals surface area contributed by atoms with Crippen molar-refractivity contribution in [1.29, 1.82) is 0 Å². The zero-order valence-corrected chi connectivity index (χ0v) is 15.9. The molecular formula is C15H19ClN4O6S. The number of halogens is 1. The van der Waals surface area contributed by atoms with E-state index in [0.717, 1.165) is 12.5 Å². The third kappa shape index (κ3) is 4.95. The van der Waals surface area contributed by atoms with Crippen LogP contribution < -0.4 is 11.5 Å². The van der Waals surface area contributed by atoms with Crippen LogP contribution in [0.5, 0.6) is 5.75 Å². The number of aryl methyl sites for hydroxylation is 1. The lowest BCUT2D eigenvalue weighted by molar-refractivity contribution is -0.118. The number of carbonyl (C=O) groups excluding carboxylic acids is 1. The Morgan fingerprint density at radius 2 is 2.04 bits per heavy atom. The van der Waals surface area contributed by atoms with Crippen molar-refractivity contribution in [3.8, 4) is 5.75 Å². The molecule has 0 saturated carbocycles. The van der Waals surface area contributed by atoms with Gasteiger partial charge in [-0.15, -0.1) is 10.2 Å². The summed E-state index contributed by atoms with van der Waals surface area (Å²) < 4.78 is 37.7. The topological polar surface area (TPSA) is 183 Å². The van der Waals surface area contributed by atoms with Crippen LogP contribution in [0.25, 0.3) is 0 Å². The number of amides is 1. The number of carbonyl (C=O) groups is 1. The standard InChI is InChI=1S/C15H19ClN4O6S/c1-2-3-12-19-20-15(26-12)13(18)8(6-11(17)21)9-4-7(16)5-10(14(9)22)27(23,24)25/h4-5,8,13,22H,2-3,6,18H2,1H3,(H2,17,21)(H,23,24,25)/t8?,13-/m0/s1. The van der Waals surface area contributed by atoms with Crippen LogP contribution in [0.1, 0.15) is 49.1 Å². The Bertz CT molecular complexity index is 946. The first-order chi connectivity index (χ1) is 12.5. The number of primary amides is 1. The van der Waals surface area contributed by atoms with Crippen LogP contribution in [0.4, 0.5) is 0 Å². The van der Waals surface area contributed by atoms with Crippen LogP contribution in [0.2, 0.25) is 5.02 Å². The maximum absolute atomic E-state index is 11.5. The van der Waals surface area contributed by atoms with E-state index in [9.17, 15) is 22.9 Å². The van der Waals surface area contributed by atoms with Gasteiger partial charge in [0.2, 0.25) is 17.7 Å². The number of aromatic hydroxyl groups is 1. The van der Waals surface area contributed by atoms with Gasteiger partial charge in [-0.25, -0.2) is 0 Å². The zero-order chi connectivity index (χ0) is 20.4. The van der Waals surface area contributed by atoms with Gasteiger partial charge in [-0.05, 0) is 18.6 Å². The van der Waals surface area contributed by atoms with Crippen LogP contribution >= 0.6 is 11.6 Å². The number of benzene rings is 1. The van der Waals surface area contributed by atoms with Gasteiger partial charge in [0.1, 0.15) is 10.6 Å². The van der Waals surface area contributed by atoms with Gasteiger partial charge in [-0.3, -0.25) is 9.35 Å². The Hall–Kier alpha value is -2.21. The summed E-state index contributed by atoms with van der Waals surface area (Å²) in [5, 5.41) is 17.9. The highest BCUT2D eigenvalue weighted by Crippen LogP contribution is 2.41. The fourth-order valence-electron chi connectivity index (χ4n) is 2.61. The molecule has 1 unspecified atom stereocenters. The van der Waals surface area contributed by atoms with Crippen molar-refractivity contribution in [3.05, 3.63) is 34.5 Å². The number of hydrogen-bond donors (Lipinski definition) is 4. The molecule has 6 N–H and O–H groups in total. The number of phenolic OH excluding ortho intramolecular Hbond substituents is 1. The summed E-state index contributed by atoms with van der Waals surface area (Å²) in [4.78, 5) is 10.7. The predicted molar refractivity (Wildman–Crippen MR) is 94.7 cm³/mol. The van der Waals surface area contributed by atoms with Gasteiger partial charge in [-0.2, -0.15) is 8.42 Å². The second kappa shape index (κ2) is 8.21. The largest absolute Gasteiger partial charge is 0.506 e. The second-order valence-corrected chi connectivity index (χ2v) is 7.73. The van der Waals surface area contributed by atoms with Gasteiger partial charge in [0.25, 0.3) is 10.1 Å². The molecule has 1 aromatic carbocycles. The maximum atomic E-state index is 11.5. The summed E-state index contributed by atoms with van der Waals surface area (Å²) in [6.07, 6.45) is 0.912. The zero-order valence-electron chi connectivity index (χ0n) is 14.3. The molecule has 0 spiro atoms. The van der Waals surface area contributed by atoms with E-state index in [2.05, 4.69) is 10.2 Å². The summed E-state index contributed by atoms with van der Waals surface area (Å²) in [6, 6.07) is 1.01. The molecular weight excluding hydrogens is 400 g/mol. The van der Waals surface area contributed by atoms with Crippen molar-refractivity contribution in [2.75, 3.05) is 0 Å². The molecule has 0 bridgehead atoms. The number of aromatic nitrogens is 2. The van der Waals surface area contributed by atoms with Crippen molar-refractivity contribution < 1.29 is 27.3 Å². The van der Waals surface area contributed by atoms with E-state index in [1.165, 1.54) is 6.07 Å².